The van der Waals surface area contributed by atoms with E-state index in [2.05, 4.69) is 109 Å². The number of unbranched alkanes of at least 4 members (excludes halogenated alkanes) is 1. The number of carbonyl (C=O) groups excluding carboxylic acids is 1. The first kappa shape index (κ1) is 32.7. The molecule has 0 unspecified atom stereocenters. The van der Waals surface area contributed by atoms with Crippen molar-refractivity contribution in [2.24, 2.45) is 0 Å². The van der Waals surface area contributed by atoms with E-state index in [1.165, 1.54) is 11.9 Å². The molecule has 1 N–H and O–H groups in total. The summed E-state index contributed by atoms with van der Waals surface area (Å²) in [5, 5.41) is 10.2. The second-order valence-corrected chi connectivity index (χ2v) is 12.5. The molecule has 0 radical (unpaired) electrons. The van der Waals surface area contributed by atoms with Crippen molar-refractivity contribution < 1.29 is 19.4 Å². The van der Waals surface area contributed by atoms with Crippen LogP contribution in [0.2, 0.25) is 0 Å². The molecule has 0 saturated heterocycles. The van der Waals surface area contributed by atoms with Crippen LogP contribution in [0.1, 0.15) is 53.0 Å². The third-order valence-corrected chi connectivity index (χ3v) is 9.74. The Morgan fingerprint density at radius 1 is 0.667 bits per heavy atom. The van der Waals surface area contributed by atoms with Crippen LogP contribution in [0, 0.1) is 0 Å². The molecular weight excluding hydrogens is 596 g/mol. The third-order valence-electron chi connectivity index (χ3n) is 9.74. The van der Waals surface area contributed by atoms with Gasteiger partial charge in [0.2, 0.25) is 0 Å². The number of benzene rings is 5. The number of carboxylic acids is 1. The Morgan fingerprint density at radius 3 is 1.56 bits per heavy atom. The number of carboxylic acid groups (broad SMARTS) is 1. The Kier molecular flexibility index (Phi) is 10.0. The third kappa shape index (κ3) is 6.36. The van der Waals surface area contributed by atoms with Gasteiger partial charge in [-0.15, -0.1) is 0 Å². The number of rotatable bonds is 13. The lowest BCUT2D eigenvalue weighted by Gasteiger charge is -2.44. The Bertz CT molecular complexity index is 1680. The summed E-state index contributed by atoms with van der Waals surface area (Å²) in [4.78, 5) is 29.3. The minimum absolute atomic E-state index is 0.0901. The lowest BCUT2D eigenvalue weighted by molar-refractivity contribution is -0.142. The predicted octanol–water partition coefficient (Wildman–Crippen LogP) is 8.41. The number of fused-ring (bicyclic) bond motifs is 3. The molecule has 6 nitrogen and oxygen atoms in total. The first-order valence-electron chi connectivity index (χ1n) is 16.6. The Morgan fingerprint density at radius 2 is 1.10 bits per heavy atom. The monoisotopic (exact) mass is 638 g/mol. The van der Waals surface area contributed by atoms with Crippen molar-refractivity contribution in [2.75, 3.05) is 27.2 Å². The van der Waals surface area contributed by atoms with Crippen molar-refractivity contribution in [2.45, 2.75) is 36.8 Å². The Balaban J connectivity index is 1.13. The molecule has 5 aromatic rings. The molecule has 1 aliphatic rings. The fourth-order valence-electron chi connectivity index (χ4n) is 7.36. The second kappa shape index (κ2) is 14.7. The molecule has 1 aliphatic carbocycles. The van der Waals surface area contributed by atoms with Gasteiger partial charge in [-0.1, -0.05) is 140 Å². The lowest BCUT2D eigenvalue weighted by Crippen LogP contribution is -2.46. The number of hydrogen-bond acceptors (Lipinski definition) is 4. The lowest BCUT2D eigenvalue weighted by atomic mass is 9.75. The van der Waals surface area contributed by atoms with E-state index < -0.39 is 23.6 Å². The van der Waals surface area contributed by atoms with Crippen molar-refractivity contribution in [3.05, 3.63) is 167 Å². The van der Waals surface area contributed by atoms with E-state index in [9.17, 15) is 14.7 Å². The fourth-order valence-corrected chi connectivity index (χ4v) is 7.36. The standard InChI is InChI=1S/C42H42N2O4/c1-43(42(31-18-6-3-7-19-31,32-20-8-4-9-21-32)33-22-10-5-11-23-33)29-17-16-28-39(40(45)46)44(2)41(47)48-30-38-36-26-14-12-24-34(36)35-25-13-15-27-37(35)38/h3-15,18-27,38-39H,16-17,28-30H2,1-2H3,(H,45,46)/t39-/m0/s1. The van der Waals surface area contributed by atoms with Gasteiger partial charge in [0, 0.05) is 13.0 Å². The number of hydrogen-bond donors (Lipinski definition) is 1. The number of aliphatic carboxylic acids is 1. The van der Waals surface area contributed by atoms with E-state index in [0.717, 1.165) is 45.4 Å². The average Bonchev–Trinajstić information content (AvgIpc) is 3.45. The van der Waals surface area contributed by atoms with Crippen molar-refractivity contribution in [1.82, 2.24) is 9.80 Å². The summed E-state index contributed by atoms with van der Waals surface area (Å²) in [6.07, 6.45) is 1.06. The molecule has 5 aromatic carbocycles. The summed E-state index contributed by atoms with van der Waals surface area (Å²) < 4.78 is 5.78. The fraction of sp³-hybridized carbons (Fsp3) is 0.238. The minimum atomic E-state index is -1.04. The normalized spacial score (nSPS) is 13.1. The molecule has 0 fully saturated rings. The maximum Gasteiger partial charge on any atom is 0.410 e. The van der Waals surface area contributed by atoms with Gasteiger partial charge in [0.1, 0.15) is 12.6 Å². The van der Waals surface area contributed by atoms with Gasteiger partial charge >= 0.3 is 12.1 Å². The van der Waals surface area contributed by atoms with Crippen LogP contribution in [0.4, 0.5) is 4.79 Å². The quantitative estimate of drug-likeness (QED) is 0.104. The van der Waals surface area contributed by atoms with Gasteiger partial charge in [0.05, 0.1) is 5.54 Å². The van der Waals surface area contributed by atoms with E-state index in [0.29, 0.717) is 19.4 Å². The van der Waals surface area contributed by atoms with Crippen molar-refractivity contribution in [3.63, 3.8) is 0 Å². The Hall–Kier alpha value is -5.20. The van der Waals surface area contributed by atoms with Crippen LogP contribution in [0.3, 0.4) is 0 Å². The smallest absolute Gasteiger partial charge is 0.410 e. The molecule has 0 spiro atoms. The Labute approximate surface area is 283 Å². The number of carbonyl (C=O) groups is 2. The number of ether oxygens (including phenoxy) is 1. The molecule has 0 aromatic heterocycles. The van der Waals surface area contributed by atoms with E-state index in [4.69, 9.17) is 4.74 Å². The summed E-state index contributed by atoms with van der Waals surface area (Å²) in [7, 11) is 3.65. The van der Waals surface area contributed by atoms with Crippen LogP contribution in [-0.2, 0) is 15.1 Å². The molecule has 6 heteroatoms. The zero-order chi connectivity index (χ0) is 33.5. The molecule has 1 atom stereocenters. The SMILES string of the molecule is CN(C(=O)OCC1c2ccccc2-c2ccccc21)[C@@H](CCCCN(C)C(c1ccccc1)(c1ccccc1)c1ccccc1)C(=O)O. The molecular formula is C42H42N2O4. The van der Waals surface area contributed by atoms with Crippen LogP contribution in [0.5, 0.6) is 0 Å². The van der Waals surface area contributed by atoms with Crippen molar-refractivity contribution >= 4 is 12.1 Å². The highest BCUT2D eigenvalue weighted by Crippen LogP contribution is 2.45. The highest BCUT2D eigenvalue weighted by Gasteiger charge is 2.40. The number of likely N-dealkylation sites (N-methyl/N-ethyl adjacent to an activating group) is 1. The zero-order valence-corrected chi connectivity index (χ0v) is 27.5. The van der Waals surface area contributed by atoms with Gasteiger partial charge < -0.3 is 9.84 Å². The molecule has 0 saturated carbocycles. The maximum absolute atomic E-state index is 13.2. The molecule has 0 heterocycles. The van der Waals surface area contributed by atoms with Crippen LogP contribution in [0.25, 0.3) is 11.1 Å². The van der Waals surface area contributed by atoms with Gasteiger partial charge in [-0.3, -0.25) is 9.80 Å². The van der Waals surface area contributed by atoms with Crippen LogP contribution in [0.15, 0.2) is 140 Å². The first-order chi connectivity index (χ1) is 23.4. The highest BCUT2D eigenvalue weighted by atomic mass is 16.6. The summed E-state index contributed by atoms with van der Waals surface area (Å²) in [5.41, 5.74) is 7.44. The minimum Gasteiger partial charge on any atom is -0.480 e. The molecule has 48 heavy (non-hydrogen) atoms. The van der Waals surface area contributed by atoms with E-state index >= 15 is 0 Å². The zero-order valence-electron chi connectivity index (χ0n) is 27.5. The molecule has 244 valence electrons. The summed E-state index contributed by atoms with van der Waals surface area (Å²) >= 11 is 0. The van der Waals surface area contributed by atoms with Gasteiger partial charge in [-0.25, -0.2) is 9.59 Å². The second-order valence-electron chi connectivity index (χ2n) is 12.5. The number of nitrogens with zero attached hydrogens (tertiary/aromatic N) is 2. The summed E-state index contributed by atoms with van der Waals surface area (Å²) in [6, 6.07) is 46.8. The van der Waals surface area contributed by atoms with Crippen molar-refractivity contribution in [1.29, 1.82) is 0 Å². The summed E-state index contributed by atoms with van der Waals surface area (Å²) in [6.45, 7) is 0.856. The summed E-state index contributed by atoms with van der Waals surface area (Å²) in [5.74, 6) is -1.13. The van der Waals surface area contributed by atoms with Gasteiger partial charge in [-0.2, -0.15) is 0 Å². The van der Waals surface area contributed by atoms with E-state index in [-0.39, 0.29) is 12.5 Å². The number of amides is 1. The van der Waals surface area contributed by atoms with Crippen LogP contribution < -0.4 is 0 Å². The topological polar surface area (TPSA) is 70.1 Å². The first-order valence-corrected chi connectivity index (χ1v) is 16.6. The van der Waals surface area contributed by atoms with Gasteiger partial charge in [-0.05, 0) is 71.8 Å². The molecule has 6 rings (SSSR count). The van der Waals surface area contributed by atoms with Gasteiger partial charge in [0.25, 0.3) is 0 Å². The van der Waals surface area contributed by atoms with Crippen molar-refractivity contribution in [3.8, 4) is 11.1 Å². The van der Waals surface area contributed by atoms with E-state index in [1.54, 1.807) is 0 Å². The molecule has 1 amide bonds. The van der Waals surface area contributed by atoms with Crippen LogP contribution >= 0.6 is 0 Å². The van der Waals surface area contributed by atoms with E-state index in [1.807, 2.05) is 42.5 Å². The van der Waals surface area contributed by atoms with Crippen LogP contribution in [-0.4, -0.2) is 60.3 Å². The molecule has 0 aliphatic heterocycles. The average molecular weight is 639 g/mol. The molecule has 0 bridgehead atoms. The maximum atomic E-state index is 13.2. The highest BCUT2D eigenvalue weighted by molar-refractivity contribution is 5.81. The predicted molar refractivity (Wildman–Crippen MR) is 190 cm³/mol. The largest absolute Gasteiger partial charge is 0.480 e. The van der Waals surface area contributed by atoms with Gasteiger partial charge in [0.15, 0.2) is 0 Å².